The SMILES string of the molecule is C=C/C=C(\C=C/C)c1csc(Nc2cc3nc(-c4cccc(C)c4)n(CC)c3cc2C)n1. The Kier molecular flexibility index (Phi) is 6.37. The van der Waals surface area contributed by atoms with Crippen molar-refractivity contribution in [3.63, 3.8) is 0 Å². The van der Waals surface area contributed by atoms with E-state index in [1.807, 2.05) is 25.2 Å². The second kappa shape index (κ2) is 9.37. The van der Waals surface area contributed by atoms with E-state index in [-0.39, 0.29) is 0 Å². The Morgan fingerprint density at radius 1 is 1.19 bits per heavy atom. The van der Waals surface area contributed by atoms with E-state index in [1.54, 1.807) is 17.4 Å². The zero-order valence-electron chi connectivity index (χ0n) is 19.0. The maximum absolute atomic E-state index is 5.00. The van der Waals surface area contributed by atoms with E-state index in [2.05, 4.69) is 79.0 Å². The van der Waals surface area contributed by atoms with E-state index < -0.39 is 0 Å². The number of benzene rings is 2. The summed E-state index contributed by atoms with van der Waals surface area (Å²) in [4.78, 5) is 9.77. The molecule has 4 rings (SSSR count). The van der Waals surface area contributed by atoms with Gasteiger partial charge in [-0.25, -0.2) is 9.97 Å². The topological polar surface area (TPSA) is 42.7 Å². The molecule has 0 fully saturated rings. The van der Waals surface area contributed by atoms with Gasteiger partial charge in [0, 0.05) is 28.7 Å². The molecule has 0 saturated heterocycles. The van der Waals surface area contributed by atoms with E-state index in [0.717, 1.165) is 56.6 Å². The minimum absolute atomic E-state index is 0.857. The summed E-state index contributed by atoms with van der Waals surface area (Å²) in [5.74, 6) is 1.00. The second-order valence-electron chi connectivity index (χ2n) is 7.73. The van der Waals surface area contributed by atoms with Crippen molar-refractivity contribution in [2.45, 2.75) is 34.2 Å². The van der Waals surface area contributed by atoms with Crippen LogP contribution >= 0.6 is 11.3 Å². The van der Waals surface area contributed by atoms with Crippen LogP contribution in [-0.4, -0.2) is 14.5 Å². The number of allylic oxidation sites excluding steroid dienone is 5. The maximum atomic E-state index is 5.00. The summed E-state index contributed by atoms with van der Waals surface area (Å²) in [5, 5.41) is 6.42. The van der Waals surface area contributed by atoms with Crippen LogP contribution < -0.4 is 5.32 Å². The fourth-order valence-corrected chi connectivity index (χ4v) is 4.58. The number of fused-ring (bicyclic) bond motifs is 1. The van der Waals surface area contributed by atoms with Crippen molar-refractivity contribution in [1.29, 1.82) is 0 Å². The van der Waals surface area contributed by atoms with Crippen molar-refractivity contribution in [3.05, 3.63) is 89.5 Å². The molecule has 0 aliphatic rings. The van der Waals surface area contributed by atoms with E-state index in [0.29, 0.717) is 0 Å². The first-order valence-electron chi connectivity index (χ1n) is 10.8. The van der Waals surface area contributed by atoms with Crippen molar-refractivity contribution in [1.82, 2.24) is 14.5 Å². The van der Waals surface area contributed by atoms with Gasteiger partial charge >= 0.3 is 0 Å². The van der Waals surface area contributed by atoms with Crippen LogP contribution in [-0.2, 0) is 6.54 Å². The van der Waals surface area contributed by atoms with E-state index in [4.69, 9.17) is 9.97 Å². The first-order chi connectivity index (χ1) is 15.5. The molecule has 5 heteroatoms. The van der Waals surface area contributed by atoms with Crippen LogP contribution in [0.25, 0.3) is 28.0 Å². The number of anilines is 2. The van der Waals surface area contributed by atoms with Gasteiger partial charge in [-0.3, -0.25) is 0 Å². The number of hydrogen-bond donors (Lipinski definition) is 1. The number of thiazole rings is 1. The quantitative estimate of drug-likeness (QED) is 0.300. The lowest BCUT2D eigenvalue weighted by molar-refractivity contribution is 0.796. The number of aromatic nitrogens is 3. The number of hydrogen-bond acceptors (Lipinski definition) is 4. The summed E-state index contributed by atoms with van der Waals surface area (Å²) < 4.78 is 2.28. The summed E-state index contributed by atoms with van der Waals surface area (Å²) in [5.41, 5.74) is 8.67. The molecule has 0 aliphatic carbocycles. The van der Waals surface area contributed by atoms with Gasteiger partial charge in [-0.15, -0.1) is 11.3 Å². The number of rotatable bonds is 7. The maximum Gasteiger partial charge on any atom is 0.187 e. The summed E-state index contributed by atoms with van der Waals surface area (Å²) in [6, 6.07) is 12.9. The largest absolute Gasteiger partial charge is 0.331 e. The Morgan fingerprint density at radius 2 is 2.03 bits per heavy atom. The first-order valence-corrected chi connectivity index (χ1v) is 11.7. The summed E-state index contributed by atoms with van der Waals surface area (Å²) in [6.45, 7) is 13.1. The molecule has 0 saturated carbocycles. The highest BCUT2D eigenvalue weighted by molar-refractivity contribution is 7.13. The van der Waals surface area contributed by atoms with Crippen LogP contribution in [0.1, 0.15) is 30.7 Å². The Labute approximate surface area is 193 Å². The van der Waals surface area contributed by atoms with Crippen molar-refractivity contribution >= 4 is 38.8 Å². The van der Waals surface area contributed by atoms with Gasteiger partial charge in [-0.1, -0.05) is 54.6 Å². The zero-order valence-corrected chi connectivity index (χ0v) is 19.8. The highest BCUT2D eigenvalue weighted by Gasteiger charge is 2.15. The van der Waals surface area contributed by atoms with Gasteiger partial charge in [0.2, 0.25) is 0 Å². The number of aryl methyl sites for hydroxylation is 3. The van der Waals surface area contributed by atoms with Crippen molar-refractivity contribution < 1.29 is 0 Å². The molecule has 2 heterocycles. The number of nitrogens with zero attached hydrogens (tertiary/aromatic N) is 3. The molecular formula is C27H28N4S. The minimum atomic E-state index is 0.857. The Balaban J connectivity index is 1.71. The highest BCUT2D eigenvalue weighted by atomic mass is 32.1. The Bertz CT molecular complexity index is 1340. The first kappa shape index (κ1) is 21.8. The number of imidazole rings is 1. The highest BCUT2D eigenvalue weighted by Crippen LogP contribution is 2.32. The van der Waals surface area contributed by atoms with Crippen LogP contribution in [0.4, 0.5) is 10.8 Å². The predicted octanol–water partition coefficient (Wildman–Crippen LogP) is 7.69. The molecule has 32 heavy (non-hydrogen) atoms. The average molecular weight is 441 g/mol. The van der Waals surface area contributed by atoms with Gasteiger partial charge in [0.25, 0.3) is 0 Å². The summed E-state index contributed by atoms with van der Waals surface area (Å²) in [7, 11) is 0. The van der Waals surface area contributed by atoms with Gasteiger partial charge in [-0.05, 0) is 51.5 Å². The Hall–Kier alpha value is -3.44. The Morgan fingerprint density at radius 3 is 2.75 bits per heavy atom. The molecule has 0 amide bonds. The van der Waals surface area contributed by atoms with E-state index in [1.165, 1.54) is 5.56 Å². The lowest BCUT2D eigenvalue weighted by atomic mass is 10.1. The molecule has 4 aromatic rings. The zero-order chi connectivity index (χ0) is 22.7. The third-order valence-electron chi connectivity index (χ3n) is 5.37. The smallest absolute Gasteiger partial charge is 0.187 e. The van der Waals surface area contributed by atoms with Gasteiger partial charge in [0.15, 0.2) is 5.13 Å². The van der Waals surface area contributed by atoms with Crippen molar-refractivity contribution in [2.75, 3.05) is 5.32 Å². The predicted molar refractivity (Wildman–Crippen MR) is 139 cm³/mol. The van der Waals surface area contributed by atoms with Crippen LogP contribution in [0, 0.1) is 13.8 Å². The molecule has 0 radical (unpaired) electrons. The fourth-order valence-electron chi connectivity index (χ4n) is 3.85. The molecule has 162 valence electrons. The third kappa shape index (κ3) is 4.30. The number of nitrogens with one attached hydrogen (secondary N) is 1. The third-order valence-corrected chi connectivity index (χ3v) is 6.13. The van der Waals surface area contributed by atoms with Gasteiger partial charge in [0.05, 0.1) is 16.7 Å². The molecule has 2 aromatic heterocycles. The molecule has 1 N–H and O–H groups in total. The van der Waals surface area contributed by atoms with Crippen LogP contribution in [0.3, 0.4) is 0 Å². The molecule has 0 spiro atoms. The van der Waals surface area contributed by atoms with E-state index in [9.17, 15) is 0 Å². The molecule has 4 nitrogen and oxygen atoms in total. The van der Waals surface area contributed by atoms with E-state index >= 15 is 0 Å². The molecular weight excluding hydrogens is 412 g/mol. The van der Waals surface area contributed by atoms with Gasteiger partial charge in [0.1, 0.15) is 5.82 Å². The summed E-state index contributed by atoms with van der Waals surface area (Å²) >= 11 is 1.59. The van der Waals surface area contributed by atoms with Crippen molar-refractivity contribution in [3.8, 4) is 11.4 Å². The molecule has 0 bridgehead atoms. The van der Waals surface area contributed by atoms with Gasteiger partial charge < -0.3 is 9.88 Å². The molecule has 0 unspecified atom stereocenters. The monoisotopic (exact) mass is 440 g/mol. The summed E-state index contributed by atoms with van der Waals surface area (Å²) in [6.07, 6.45) is 7.81. The lowest BCUT2D eigenvalue weighted by Crippen LogP contribution is -1.98. The molecule has 0 atom stereocenters. The minimum Gasteiger partial charge on any atom is -0.331 e. The van der Waals surface area contributed by atoms with Crippen LogP contribution in [0.2, 0.25) is 0 Å². The lowest BCUT2D eigenvalue weighted by Gasteiger charge is -2.09. The second-order valence-corrected chi connectivity index (χ2v) is 8.58. The molecule has 2 aromatic carbocycles. The fraction of sp³-hybridized carbons (Fsp3) is 0.185. The van der Waals surface area contributed by atoms with Gasteiger partial charge in [-0.2, -0.15) is 0 Å². The van der Waals surface area contributed by atoms with Crippen LogP contribution in [0.5, 0.6) is 0 Å². The van der Waals surface area contributed by atoms with Crippen molar-refractivity contribution in [2.24, 2.45) is 0 Å². The average Bonchev–Trinajstić information content (AvgIpc) is 3.38. The standard InChI is InChI=1S/C27H28N4S/c1-6-10-20(11-7-2)24-17-32-27(30-24)29-22-16-23-25(15-19(22)5)31(8-3)26(28-23)21-13-9-12-18(4)14-21/h6-7,9-17H,1,8H2,2-5H3,(H,29,30)/b11-7-,20-10+. The van der Waals surface area contributed by atoms with Crippen LogP contribution in [0.15, 0.2) is 72.7 Å². The molecule has 0 aliphatic heterocycles. The normalized spacial score (nSPS) is 12.1.